The van der Waals surface area contributed by atoms with Gasteiger partial charge >= 0.3 is 0 Å². The van der Waals surface area contributed by atoms with Gasteiger partial charge in [0.05, 0.1) is 46.3 Å². The molecule has 0 saturated heterocycles. The van der Waals surface area contributed by atoms with Gasteiger partial charge in [0, 0.05) is 17.5 Å². The fourth-order valence-electron chi connectivity index (χ4n) is 2.80. The number of aliphatic hydroxyl groups excluding tert-OH is 1. The number of hydrogen-bond donors (Lipinski definition) is 3. The van der Waals surface area contributed by atoms with Gasteiger partial charge < -0.3 is 29.8 Å². The van der Waals surface area contributed by atoms with Gasteiger partial charge in [-0.15, -0.1) is 0 Å². The van der Waals surface area contributed by atoms with Crippen LogP contribution >= 0.6 is 0 Å². The Labute approximate surface area is 175 Å². The molecule has 4 N–H and O–H groups in total. The van der Waals surface area contributed by atoms with Crippen LogP contribution in [0.25, 0.3) is 0 Å². The van der Waals surface area contributed by atoms with Crippen LogP contribution in [0.3, 0.4) is 0 Å². The average Bonchev–Trinajstić information content (AvgIpc) is 2.77. The largest absolute Gasteiger partial charge is 0.495 e. The molecule has 0 fully saturated rings. The smallest absolute Gasteiger partial charge is 0.211 e. The molecule has 0 amide bonds. The van der Waals surface area contributed by atoms with Crippen molar-refractivity contribution in [3.05, 3.63) is 41.0 Å². The highest BCUT2D eigenvalue weighted by Crippen LogP contribution is 2.38. The summed E-state index contributed by atoms with van der Waals surface area (Å²) in [6.07, 6.45) is 0.259. The van der Waals surface area contributed by atoms with E-state index in [9.17, 15) is 4.79 Å². The van der Waals surface area contributed by atoms with Crippen molar-refractivity contribution in [1.82, 2.24) is 0 Å². The maximum atomic E-state index is 13.0. The Morgan fingerprint density at radius 3 is 2.13 bits per heavy atom. The third kappa shape index (κ3) is 4.47. The first kappa shape index (κ1) is 22.6. The second kappa shape index (κ2) is 10.2. The molecule has 0 aliphatic carbocycles. The summed E-state index contributed by atoms with van der Waals surface area (Å²) >= 11 is 0. The second-order valence-electron chi connectivity index (χ2n) is 6.00. The molecular formula is C22H24N2O6. The molecule has 8 nitrogen and oxygen atoms in total. The van der Waals surface area contributed by atoms with E-state index in [1.165, 1.54) is 46.6 Å². The predicted octanol–water partition coefficient (Wildman–Crippen LogP) is 2.29. The minimum absolute atomic E-state index is 0.0929. The van der Waals surface area contributed by atoms with Crippen molar-refractivity contribution >= 4 is 17.2 Å². The Bertz CT molecular complexity index is 995. The number of nitrogen functional groups attached to an aromatic ring is 1. The van der Waals surface area contributed by atoms with Gasteiger partial charge in [0.15, 0.2) is 11.5 Å². The number of carbonyl (C=O) groups is 1. The summed E-state index contributed by atoms with van der Waals surface area (Å²) in [4.78, 5) is 13.0. The lowest BCUT2D eigenvalue weighted by atomic mass is 9.96. The summed E-state index contributed by atoms with van der Waals surface area (Å²) in [7, 11) is 5.81. The highest BCUT2D eigenvalue weighted by Gasteiger charge is 2.23. The summed E-state index contributed by atoms with van der Waals surface area (Å²) in [6.45, 7) is -0.0929. The number of ether oxygens (including phenoxy) is 4. The van der Waals surface area contributed by atoms with Crippen LogP contribution in [0, 0.1) is 17.3 Å². The molecule has 0 radical (unpaired) electrons. The minimum Gasteiger partial charge on any atom is -0.495 e. The van der Waals surface area contributed by atoms with Gasteiger partial charge in [-0.2, -0.15) is 0 Å². The van der Waals surface area contributed by atoms with Crippen molar-refractivity contribution in [2.75, 3.05) is 40.8 Å². The molecule has 0 heterocycles. The topological polar surface area (TPSA) is 124 Å². The summed E-state index contributed by atoms with van der Waals surface area (Å²) in [6, 6.07) is 6.06. The number of nitrogens with one attached hydrogen (secondary N) is 1. The average molecular weight is 412 g/mol. The number of anilines is 1. The van der Waals surface area contributed by atoms with E-state index in [2.05, 4.69) is 11.8 Å². The number of ketones is 1. The van der Waals surface area contributed by atoms with E-state index in [4.69, 9.17) is 35.2 Å². The summed E-state index contributed by atoms with van der Waals surface area (Å²) in [5.74, 6) is 6.37. The van der Waals surface area contributed by atoms with Gasteiger partial charge in [0.2, 0.25) is 11.5 Å². The molecule has 2 aromatic rings. The van der Waals surface area contributed by atoms with E-state index in [-0.39, 0.29) is 35.6 Å². The van der Waals surface area contributed by atoms with Crippen molar-refractivity contribution in [2.24, 2.45) is 0 Å². The number of benzene rings is 2. The van der Waals surface area contributed by atoms with E-state index in [0.717, 1.165) is 0 Å². The van der Waals surface area contributed by atoms with E-state index in [0.29, 0.717) is 28.6 Å². The molecule has 0 aliphatic rings. The van der Waals surface area contributed by atoms with Crippen LogP contribution in [-0.4, -0.2) is 51.6 Å². The minimum atomic E-state index is -0.583. The Balaban J connectivity index is 2.52. The summed E-state index contributed by atoms with van der Waals surface area (Å²) < 4.78 is 21.1. The molecule has 0 aromatic heterocycles. The number of hydrogen-bond acceptors (Lipinski definition) is 8. The Hall–Kier alpha value is -3.70. The van der Waals surface area contributed by atoms with Gasteiger partial charge in [0.1, 0.15) is 11.5 Å². The Kier molecular flexibility index (Phi) is 7.67. The number of aliphatic hydroxyl groups is 1. The van der Waals surface area contributed by atoms with Crippen molar-refractivity contribution in [3.8, 4) is 34.8 Å². The lowest BCUT2D eigenvalue weighted by Gasteiger charge is -2.15. The standard InChI is InChI=1S/C22H24N2O6/c1-27-16-9-8-15(19(23)14(16)7-5-6-10-25)20(24)21(26)13-11-17(28-2)22(30-4)18(12-13)29-3/h8-9,11-12,24-25H,6,10,23H2,1-4H3. The molecule has 0 atom stereocenters. The summed E-state index contributed by atoms with van der Waals surface area (Å²) in [5, 5.41) is 17.4. The van der Waals surface area contributed by atoms with Crippen molar-refractivity contribution in [1.29, 1.82) is 5.41 Å². The van der Waals surface area contributed by atoms with Crippen LogP contribution in [0.5, 0.6) is 23.0 Å². The van der Waals surface area contributed by atoms with Crippen LogP contribution in [0.1, 0.15) is 27.9 Å². The molecule has 0 aliphatic heterocycles. The number of nitrogens with two attached hydrogens (primary N) is 1. The monoisotopic (exact) mass is 412 g/mol. The van der Waals surface area contributed by atoms with E-state index in [1.54, 1.807) is 6.07 Å². The van der Waals surface area contributed by atoms with E-state index >= 15 is 0 Å². The molecule has 8 heteroatoms. The van der Waals surface area contributed by atoms with Gasteiger partial charge in [0.25, 0.3) is 0 Å². The van der Waals surface area contributed by atoms with Crippen LogP contribution in [0.15, 0.2) is 24.3 Å². The highest BCUT2D eigenvalue weighted by molar-refractivity contribution is 6.51. The fraction of sp³-hybridized carbons (Fsp3) is 0.273. The zero-order valence-electron chi connectivity index (χ0n) is 17.3. The van der Waals surface area contributed by atoms with E-state index < -0.39 is 5.78 Å². The normalized spacial score (nSPS) is 9.90. The molecule has 0 spiro atoms. The zero-order chi connectivity index (χ0) is 22.3. The van der Waals surface area contributed by atoms with Crippen LogP contribution < -0.4 is 24.7 Å². The zero-order valence-corrected chi connectivity index (χ0v) is 17.3. The van der Waals surface area contributed by atoms with Crippen molar-refractivity contribution in [2.45, 2.75) is 6.42 Å². The maximum Gasteiger partial charge on any atom is 0.211 e. The predicted molar refractivity (Wildman–Crippen MR) is 113 cm³/mol. The quantitative estimate of drug-likeness (QED) is 0.263. The van der Waals surface area contributed by atoms with Crippen LogP contribution in [0.2, 0.25) is 0 Å². The molecular weight excluding hydrogens is 388 g/mol. The third-order valence-corrected chi connectivity index (χ3v) is 4.30. The van der Waals surface area contributed by atoms with Gasteiger partial charge in [-0.05, 0) is 24.3 Å². The highest BCUT2D eigenvalue weighted by atomic mass is 16.5. The first-order valence-electron chi connectivity index (χ1n) is 8.93. The number of carbonyl (C=O) groups excluding carboxylic acids is 1. The first-order valence-corrected chi connectivity index (χ1v) is 8.93. The van der Waals surface area contributed by atoms with Crippen molar-refractivity contribution < 1.29 is 28.8 Å². The molecule has 0 saturated carbocycles. The molecule has 2 rings (SSSR count). The molecule has 158 valence electrons. The number of rotatable bonds is 8. The lowest BCUT2D eigenvalue weighted by molar-refractivity contribution is 0.106. The van der Waals surface area contributed by atoms with Crippen molar-refractivity contribution in [3.63, 3.8) is 0 Å². The number of methoxy groups -OCH3 is 4. The third-order valence-electron chi connectivity index (χ3n) is 4.30. The van der Waals surface area contributed by atoms with E-state index in [1.807, 2.05) is 0 Å². The lowest BCUT2D eigenvalue weighted by Crippen LogP contribution is -2.17. The SMILES string of the molecule is COc1ccc(C(=N)C(=O)c2cc(OC)c(OC)c(OC)c2)c(N)c1C#CCCO. The summed E-state index contributed by atoms with van der Waals surface area (Å²) in [5.41, 5.74) is 6.77. The molecule has 2 aromatic carbocycles. The fourth-order valence-corrected chi connectivity index (χ4v) is 2.80. The van der Waals surface area contributed by atoms with Gasteiger partial charge in [-0.1, -0.05) is 11.8 Å². The number of Topliss-reactive ketones (excluding diaryl/α,β-unsaturated/α-hetero) is 1. The molecule has 0 unspecified atom stereocenters. The van der Waals surface area contributed by atoms with Crippen LogP contribution in [0.4, 0.5) is 5.69 Å². The van der Waals surface area contributed by atoms with Crippen LogP contribution in [-0.2, 0) is 0 Å². The maximum absolute atomic E-state index is 13.0. The van der Waals surface area contributed by atoms with Gasteiger partial charge in [-0.3, -0.25) is 10.2 Å². The molecule has 0 bridgehead atoms. The first-order chi connectivity index (χ1) is 14.4. The Morgan fingerprint density at radius 1 is 1.03 bits per heavy atom. The second-order valence-corrected chi connectivity index (χ2v) is 6.00. The Morgan fingerprint density at radius 2 is 1.63 bits per heavy atom. The molecule has 30 heavy (non-hydrogen) atoms. The van der Waals surface area contributed by atoms with Gasteiger partial charge in [-0.25, -0.2) is 0 Å².